The molecule has 0 spiro atoms. The van der Waals surface area contributed by atoms with Crippen LogP contribution in [0, 0.1) is 11.8 Å². The summed E-state index contributed by atoms with van der Waals surface area (Å²) in [7, 11) is 12.6. The molecule has 92 valence electrons. The van der Waals surface area contributed by atoms with Gasteiger partial charge in [0.25, 0.3) is 0 Å². The molecule has 3 heteroatoms. The summed E-state index contributed by atoms with van der Waals surface area (Å²) in [6.45, 7) is 2.78. The molecule has 2 aliphatic carbocycles. The van der Waals surface area contributed by atoms with Crippen molar-refractivity contribution in [3.63, 3.8) is 0 Å². The van der Waals surface area contributed by atoms with Crippen LogP contribution >= 0.6 is 0 Å². The first-order valence-electron chi connectivity index (χ1n) is 7.36. The molecule has 2 rings (SSSR count). The molecule has 2 saturated carbocycles. The number of rotatable bonds is 3. The van der Waals surface area contributed by atoms with Gasteiger partial charge >= 0.3 is 0 Å². The Hall–Kier alpha value is 0.0899. The topological polar surface area (TPSA) is 9.23 Å². The van der Waals surface area contributed by atoms with Gasteiger partial charge in [-0.25, -0.2) is 0 Å². The SMILES string of the molecule is [B]C1C(OCC)CCC(C2CCCCC2)C1[B]. The molecule has 0 aromatic rings. The molecule has 0 aromatic heterocycles. The molecule has 17 heavy (non-hydrogen) atoms. The van der Waals surface area contributed by atoms with Crippen molar-refractivity contribution < 1.29 is 4.74 Å². The van der Waals surface area contributed by atoms with E-state index >= 15 is 0 Å². The Kier molecular flexibility index (Phi) is 5.02. The van der Waals surface area contributed by atoms with Crippen LogP contribution in [0.3, 0.4) is 0 Å². The van der Waals surface area contributed by atoms with Gasteiger partial charge in [0.1, 0.15) is 0 Å². The molecule has 0 saturated heterocycles. The van der Waals surface area contributed by atoms with Gasteiger partial charge in [-0.05, 0) is 31.6 Å². The van der Waals surface area contributed by atoms with Crippen molar-refractivity contribution in [3.8, 4) is 0 Å². The first-order chi connectivity index (χ1) is 8.24. The van der Waals surface area contributed by atoms with Crippen molar-refractivity contribution in [1.82, 2.24) is 0 Å². The summed E-state index contributed by atoms with van der Waals surface area (Å²) in [6.07, 6.45) is 9.42. The van der Waals surface area contributed by atoms with Crippen LogP contribution < -0.4 is 0 Å². The molecule has 1 nitrogen and oxygen atoms in total. The quantitative estimate of drug-likeness (QED) is 0.675. The maximum absolute atomic E-state index is 6.37. The lowest BCUT2D eigenvalue weighted by molar-refractivity contribution is 0.0166. The summed E-state index contributed by atoms with van der Waals surface area (Å²) < 4.78 is 5.70. The van der Waals surface area contributed by atoms with Gasteiger partial charge in [0.15, 0.2) is 0 Å². The van der Waals surface area contributed by atoms with Gasteiger partial charge in [-0.15, -0.1) is 0 Å². The Labute approximate surface area is 109 Å². The molecule has 0 aromatic carbocycles. The van der Waals surface area contributed by atoms with Gasteiger partial charge < -0.3 is 4.74 Å². The monoisotopic (exact) mass is 230 g/mol. The van der Waals surface area contributed by atoms with Crippen LogP contribution in [0.5, 0.6) is 0 Å². The highest BCUT2D eigenvalue weighted by Gasteiger charge is 2.37. The highest BCUT2D eigenvalue weighted by atomic mass is 16.5. The van der Waals surface area contributed by atoms with E-state index in [0.29, 0.717) is 5.92 Å². The summed E-state index contributed by atoms with van der Waals surface area (Å²) in [4.78, 5) is 0. The Morgan fingerprint density at radius 2 is 1.65 bits per heavy atom. The number of ether oxygens (including phenoxy) is 1. The van der Waals surface area contributed by atoms with Crippen molar-refractivity contribution in [2.24, 2.45) is 11.8 Å². The Bertz CT molecular complexity index is 228. The second-order valence-electron chi connectivity index (χ2n) is 5.79. The molecule has 0 amide bonds. The van der Waals surface area contributed by atoms with Crippen molar-refractivity contribution in [1.29, 1.82) is 0 Å². The second kappa shape index (κ2) is 6.31. The van der Waals surface area contributed by atoms with Crippen molar-refractivity contribution >= 4 is 15.7 Å². The highest BCUT2D eigenvalue weighted by molar-refractivity contribution is 6.21. The van der Waals surface area contributed by atoms with E-state index in [9.17, 15) is 0 Å². The molecule has 0 heterocycles. The largest absolute Gasteiger partial charge is 0.379 e. The van der Waals surface area contributed by atoms with E-state index in [1.54, 1.807) is 0 Å². The summed E-state index contributed by atoms with van der Waals surface area (Å²) >= 11 is 0. The van der Waals surface area contributed by atoms with E-state index in [1.165, 1.54) is 38.5 Å². The third-order valence-electron chi connectivity index (χ3n) is 4.79. The lowest BCUT2D eigenvalue weighted by Gasteiger charge is -2.45. The molecule has 4 radical (unpaired) electrons. The minimum atomic E-state index is 0.0376. The molecule has 4 unspecified atom stereocenters. The van der Waals surface area contributed by atoms with Gasteiger partial charge in [0, 0.05) is 6.61 Å². The van der Waals surface area contributed by atoms with Crippen LogP contribution in [0.2, 0.25) is 11.6 Å². The second-order valence-corrected chi connectivity index (χ2v) is 5.79. The van der Waals surface area contributed by atoms with Crippen LogP contribution in [0.25, 0.3) is 0 Å². The van der Waals surface area contributed by atoms with Crippen LogP contribution in [0.15, 0.2) is 0 Å². The Morgan fingerprint density at radius 1 is 0.941 bits per heavy atom. The zero-order valence-corrected chi connectivity index (χ0v) is 11.1. The number of hydrogen-bond acceptors (Lipinski definition) is 1. The fourth-order valence-corrected chi connectivity index (χ4v) is 3.80. The third kappa shape index (κ3) is 3.10. The van der Waals surface area contributed by atoms with Gasteiger partial charge in [0.05, 0.1) is 21.8 Å². The van der Waals surface area contributed by atoms with Crippen LogP contribution in [0.1, 0.15) is 51.9 Å². The van der Waals surface area contributed by atoms with Crippen LogP contribution in [-0.2, 0) is 4.74 Å². The average molecular weight is 230 g/mol. The maximum Gasteiger partial charge on any atom is 0.0728 e. The normalized spacial score (nSPS) is 40.3. The molecule has 0 bridgehead atoms. The van der Waals surface area contributed by atoms with E-state index in [4.69, 9.17) is 20.4 Å². The van der Waals surface area contributed by atoms with E-state index < -0.39 is 0 Å². The van der Waals surface area contributed by atoms with Crippen molar-refractivity contribution in [2.45, 2.75) is 69.6 Å². The summed E-state index contributed by atoms with van der Waals surface area (Å²) in [5.74, 6) is 1.65. The average Bonchev–Trinajstić information content (AvgIpc) is 2.36. The standard InChI is InChI=1S/C14H24B2O/c1-2-17-12-9-8-11(13(15)14(12)16)10-6-4-3-5-7-10/h10-14H,2-9H2,1H3. The molecule has 0 N–H and O–H groups in total. The van der Waals surface area contributed by atoms with Gasteiger partial charge in [-0.3, -0.25) is 0 Å². The fourth-order valence-electron chi connectivity index (χ4n) is 3.80. The van der Waals surface area contributed by atoms with E-state index in [-0.39, 0.29) is 17.7 Å². The molecular weight excluding hydrogens is 206 g/mol. The molecular formula is C14H24B2O. The Balaban J connectivity index is 1.92. The van der Waals surface area contributed by atoms with Gasteiger partial charge in [-0.1, -0.05) is 43.7 Å². The van der Waals surface area contributed by atoms with Crippen LogP contribution in [0.4, 0.5) is 0 Å². The zero-order chi connectivity index (χ0) is 12.3. The first-order valence-corrected chi connectivity index (χ1v) is 7.36. The third-order valence-corrected chi connectivity index (χ3v) is 4.79. The number of hydrogen-bond donors (Lipinski definition) is 0. The van der Waals surface area contributed by atoms with E-state index in [1.807, 2.05) is 6.92 Å². The summed E-state index contributed by atoms with van der Waals surface area (Å²) in [5, 5.41) is 0. The summed E-state index contributed by atoms with van der Waals surface area (Å²) in [6, 6.07) is 0. The van der Waals surface area contributed by atoms with Gasteiger partial charge in [0.2, 0.25) is 0 Å². The lowest BCUT2D eigenvalue weighted by atomic mass is 9.51. The van der Waals surface area contributed by atoms with Crippen molar-refractivity contribution in [2.75, 3.05) is 6.61 Å². The maximum atomic E-state index is 6.37. The molecule has 4 atom stereocenters. The Morgan fingerprint density at radius 3 is 2.29 bits per heavy atom. The predicted octanol–water partition coefficient (Wildman–Crippen LogP) is 3.30. The smallest absolute Gasteiger partial charge is 0.0728 e. The minimum Gasteiger partial charge on any atom is -0.379 e. The fraction of sp³-hybridized carbons (Fsp3) is 1.00. The minimum absolute atomic E-state index is 0.0376. The molecule has 2 fully saturated rings. The van der Waals surface area contributed by atoms with E-state index in [2.05, 4.69) is 0 Å². The lowest BCUT2D eigenvalue weighted by Crippen LogP contribution is -2.36. The van der Waals surface area contributed by atoms with Crippen LogP contribution in [-0.4, -0.2) is 28.4 Å². The molecule has 0 aliphatic heterocycles. The first kappa shape index (κ1) is 13.5. The predicted molar refractivity (Wildman–Crippen MR) is 73.7 cm³/mol. The van der Waals surface area contributed by atoms with E-state index in [0.717, 1.165) is 18.9 Å². The summed E-state index contributed by atoms with van der Waals surface area (Å²) in [5.41, 5.74) is 0. The van der Waals surface area contributed by atoms with Gasteiger partial charge in [-0.2, -0.15) is 0 Å². The zero-order valence-electron chi connectivity index (χ0n) is 11.1. The molecule has 2 aliphatic rings. The highest BCUT2D eigenvalue weighted by Crippen LogP contribution is 2.47. The van der Waals surface area contributed by atoms with Crippen molar-refractivity contribution in [3.05, 3.63) is 0 Å².